The van der Waals surface area contributed by atoms with Crippen LogP contribution in [-0.4, -0.2) is 53.5 Å². The number of fused-ring (bicyclic) bond motifs is 1. The number of likely N-dealkylation sites (N-methyl/N-ethyl adjacent to an activating group) is 1. The van der Waals surface area contributed by atoms with Crippen LogP contribution in [0.3, 0.4) is 0 Å². The average Bonchev–Trinajstić information content (AvgIpc) is 2.65. The molecule has 2 atom stereocenters. The maximum atomic E-state index is 12.0. The van der Waals surface area contributed by atoms with Gasteiger partial charge in [-0.05, 0) is 18.7 Å². The molecule has 2 saturated heterocycles. The van der Waals surface area contributed by atoms with Crippen molar-refractivity contribution >= 4 is 6.03 Å². The third-order valence-electron chi connectivity index (χ3n) is 3.85. The molecule has 0 bridgehead atoms. The van der Waals surface area contributed by atoms with Crippen molar-refractivity contribution in [1.82, 2.24) is 20.1 Å². The van der Waals surface area contributed by atoms with Gasteiger partial charge < -0.3 is 15.1 Å². The van der Waals surface area contributed by atoms with E-state index in [-0.39, 0.29) is 6.03 Å². The van der Waals surface area contributed by atoms with Gasteiger partial charge in [0.15, 0.2) is 0 Å². The predicted octanol–water partition coefficient (Wildman–Crippen LogP) is 0.537. The number of hydrogen-bond acceptors (Lipinski definition) is 3. The fourth-order valence-electron chi connectivity index (χ4n) is 2.86. The fourth-order valence-corrected chi connectivity index (χ4v) is 2.86. The molecule has 1 aromatic rings. The number of nitrogens with zero attached hydrogens (tertiary/aromatic N) is 3. The lowest BCUT2D eigenvalue weighted by atomic mass is 9.93. The lowest BCUT2D eigenvalue weighted by Gasteiger charge is -2.43. The number of nitrogens with one attached hydrogen (secondary N) is 1. The zero-order valence-corrected chi connectivity index (χ0v) is 10.5. The monoisotopic (exact) mass is 246 g/mol. The fraction of sp³-hybridized carbons (Fsp3) is 0.538. The van der Waals surface area contributed by atoms with Crippen LogP contribution >= 0.6 is 0 Å². The molecule has 5 heteroatoms. The Balaban J connectivity index is 1.51. The van der Waals surface area contributed by atoms with Crippen LogP contribution in [0.2, 0.25) is 0 Å². The molecule has 2 aliphatic rings. The molecule has 3 heterocycles. The van der Waals surface area contributed by atoms with E-state index in [0.717, 1.165) is 25.2 Å². The molecule has 3 rings (SSSR count). The largest absolute Gasteiger partial charge is 0.334 e. The standard InChI is InChI=1S/C13H18N4O/c1-16-7-11-8-17(12(11)9-16)13(18)15-6-10-3-2-4-14-5-10/h2-5,11-12H,6-9H2,1H3,(H,15,18)/t11-,12-/m1/s1. The number of aromatic nitrogens is 1. The van der Waals surface area contributed by atoms with Gasteiger partial charge in [-0.2, -0.15) is 0 Å². The molecule has 0 unspecified atom stereocenters. The van der Waals surface area contributed by atoms with E-state index in [1.165, 1.54) is 0 Å². The van der Waals surface area contributed by atoms with Gasteiger partial charge in [0.25, 0.3) is 0 Å². The van der Waals surface area contributed by atoms with E-state index in [0.29, 0.717) is 18.5 Å². The Hall–Kier alpha value is -1.62. The highest BCUT2D eigenvalue weighted by Crippen LogP contribution is 2.31. The molecule has 18 heavy (non-hydrogen) atoms. The van der Waals surface area contributed by atoms with Crippen molar-refractivity contribution in [3.8, 4) is 0 Å². The summed E-state index contributed by atoms with van der Waals surface area (Å²) < 4.78 is 0. The molecule has 96 valence electrons. The second kappa shape index (κ2) is 4.57. The Morgan fingerprint density at radius 3 is 3.11 bits per heavy atom. The van der Waals surface area contributed by atoms with Gasteiger partial charge in [-0.25, -0.2) is 4.79 Å². The second-order valence-electron chi connectivity index (χ2n) is 5.22. The number of pyridine rings is 1. The van der Waals surface area contributed by atoms with Crippen molar-refractivity contribution in [3.63, 3.8) is 0 Å². The molecule has 0 aliphatic carbocycles. The maximum absolute atomic E-state index is 12.0. The SMILES string of the molecule is CN1C[C@@H]2CN(C(=O)NCc3cccnc3)[C@@H]2C1. The molecule has 1 aromatic heterocycles. The molecular weight excluding hydrogens is 228 g/mol. The van der Waals surface area contributed by atoms with Gasteiger partial charge in [0.05, 0.1) is 6.04 Å². The second-order valence-corrected chi connectivity index (χ2v) is 5.22. The Labute approximate surface area is 107 Å². The van der Waals surface area contributed by atoms with E-state index in [1.807, 2.05) is 17.0 Å². The highest BCUT2D eigenvalue weighted by Gasteiger charge is 2.46. The first-order chi connectivity index (χ1) is 8.74. The van der Waals surface area contributed by atoms with Crippen molar-refractivity contribution in [1.29, 1.82) is 0 Å². The van der Waals surface area contributed by atoms with E-state index < -0.39 is 0 Å². The number of urea groups is 1. The van der Waals surface area contributed by atoms with Crippen molar-refractivity contribution in [2.24, 2.45) is 5.92 Å². The van der Waals surface area contributed by atoms with Crippen LogP contribution in [0.4, 0.5) is 4.79 Å². The molecule has 0 radical (unpaired) electrons. The van der Waals surface area contributed by atoms with Gasteiger partial charge in [0, 0.05) is 44.5 Å². The molecule has 0 spiro atoms. The Morgan fingerprint density at radius 1 is 1.50 bits per heavy atom. The van der Waals surface area contributed by atoms with Gasteiger partial charge in [0.2, 0.25) is 0 Å². The Bertz CT molecular complexity index is 436. The highest BCUT2D eigenvalue weighted by molar-refractivity contribution is 5.75. The third kappa shape index (κ3) is 2.06. The van der Waals surface area contributed by atoms with E-state index in [1.54, 1.807) is 12.4 Å². The van der Waals surface area contributed by atoms with Gasteiger partial charge >= 0.3 is 6.03 Å². The van der Waals surface area contributed by atoms with E-state index in [9.17, 15) is 4.79 Å². The maximum Gasteiger partial charge on any atom is 0.317 e. The predicted molar refractivity (Wildman–Crippen MR) is 68.0 cm³/mol. The number of rotatable bonds is 2. The molecule has 5 nitrogen and oxygen atoms in total. The molecule has 0 saturated carbocycles. The first-order valence-corrected chi connectivity index (χ1v) is 6.36. The van der Waals surface area contributed by atoms with Crippen LogP contribution in [0, 0.1) is 5.92 Å². The van der Waals surface area contributed by atoms with Gasteiger partial charge in [-0.15, -0.1) is 0 Å². The summed E-state index contributed by atoms with van der Waals surface area (Å²) in [5, 5.41) is 2.96. The van der Waals surface area contributed by atoms with Gasteiger partial charge in [-0.1, -0.05) is 6.07 Å². The summed E-state index contributed by atoms with van der Waals surface area (Å²) in [5.41, 5.74) is 1.03. The third-order valence-corrected chi connectivity index (χ3v) is 3.85. The Kier molecular flexibility index (Phi) is 2.91. The summed E-state index contributed by atoms with van der Waals surface area (Å²) >= 11 is 0. The lowest BCUT2D eigenvalue weighted by Crippen LogP contribution is -2.60. The van der Waals surface area contributed by atoms with Crippen LogP contribution in [-0.2, 0) is 6.54 Å². The molecule has 1 N–H and O–H groups in total. The molecule has 2 aliphatic heterocycles. The minimum Gasteiger partial charge on any atom is -0.334 e. The number of hydrogen-bond donors (Lipinski definition) is 1. The number of amides is 2. The van der Waals surface area contributed by atoms with Crippen molar-refractivity contribution in [2.45, 2.75) is 12.6 Å². The minimum absolute atomic E-state index is 0.0513. The molecular formula is C13H18N4O. The quantitative estimate of drug-likeness (QED) is 0.828. The summed E-state index contributed by atoms with van der Waals surface area (Å²) in [5.74, 6) is 0.680. The van der Waals surface area contributed by atoms with Crippen LogP contribution in [0.15, 0.2) is 24.5 Å². The molecule has 2 fully saturated rings. The summed E-state index contributed by atoms with van der Waals surface area (Å²) in [4.78, 5) is 20.3. The normalized spacial score (nSPS) is 26.6. The minimum atomic E-state index is 0.0513. The van der Waals surface area contributed by atoms with Gasteiger partial charge in [0.1, 0.15) is 0 Å². The summed E-state index contributed by atoms with van der Waals surface area (Å²) in [6.07, 6.45) is 3.52. The first kappa shape index (κ1) is 11.5. The van der Waals surface area contributed by atoms with Gasteiger partial charge in [-0.3, -0.25) is 4.98 Å². The zero-order chi connectivity index (χ0) is 12.5. The number of carbonyl (C=O) groups excluding carboxylic acids is 1. The Morgan fingerprint density at radius 2 is 2.39 bits per heavy atom. The summed E-state index contributed by atoms with van der Waals surface area (Å²) in [7, 11) is 2.12. The number of likely N-dealkylation sites (tertiary alicyclic amines) is 2. The summed E-state index contributed by atoms with van der Waals surface area (Å²) in [6.45, 7) is 3.58. The topological polar surface area (TPSA) is 48.5 Å². The van der Waals surface area contributed by atoms with E-state index in [4.69, 9.17) is 0 Å². The van der Waals surface area contributed by atoms with Crippen molar-refractivity contribution in [3.05, 3.63) is 30.1 Å². The smallest absolute Gasteiger partial charge is 0.317 e. The van der Waals surface area contributed by atoms with Crippen LogP contribution in [0.1, 0.15) is 5.56 Å². The van der Waals surface area contributed by atoms with Crippen LogP contribution < -0.4 is 5.32 Å². The lowest BCUT2D eigenvalue weighted by molar-refractivity contribution is 0.0828. The molecule has 2 amide bonds. The zero-order valence-electron chi connectivity index (χ0n) is 10.5. The van der Waals surface area contributed by atoms with Crippen LogP contribution in [0.25, 0.3) is 0 Å². The van der Waals surface area contributed by atoms with E-state index >= 15 is 0 Å². The summed E-state index contributed by atoms with van der Waals surface area (Å²) in [6, 6.07) is 4.32. The first-order valence-electron chi connectivity index (χ1n) is 6.36. The number of carbonyl (C=O) groups is 1. The van der Waals surface area contributed by atoms with Crippen LogP contribution in [0.5, 0.6) is 0 Å². The highest BCUT2D eigenvalue weighted by atomic mass is 16.2. The van der Waals surface area contributed by atoms with Crippen molar-refractivity contribution in [2.75, 3.05) is 26.7 Å². The average molecular weight is 246 g/mol. The molecule has 0 aromatic carbocycles. The van der Waals surface area contributed by atoms with Crippen molar-refractivity contribution < 1.29 is 4.79 Å². The van der Waals surface area contributed by atoms with E-state index in [2.05, 4.69) is 22.2 Å².